The fourth-order valence-electron chi connectivity index (χ4n) is 4.88. The maximum Gasteiger partial charge on any atom is 0.0453 e. The summed E-state index contributed by atoms with van der Waals surface area (Å²) in [6.07, 6.45) is 4.16. The third-order valence-electron chi connectivity index (χ3n) is 6.06. The maximum absolute atomic E-state index is 6.35. The van der Waals surface area contributed by atoms with Crippen molar-refractivity contribution in [2.75, 3.05) is 0 Å². The van der Waals surface area contributed by atoms with Gasteiger partial charge in [0.05, 0.1) is 0 Å². The van der Waals surface area contributed by atoms with Crippen molar-refractivity contribution in [2.24, 2.45) is 16.7 Å². The fourth-order valence-corrected chi connectivity index (χ4v) is 5.18. The molecule has 2 bridgehead atoms. The second kappa shape index (κ2) is 4.74. The first-order chi connectivity index (χ1) is 9.34. The Hall–Kier alpha value is -0.530. The summed E-state index contributed by atoms with van der Waals surface area (Å²) in [6.45, 7) is 9.60. The highest BCUT2D eigenvalue weighted by molar-refractivity contribution is 6.31. The van der Waals surface area contributed by atoms with Gasteiger partial charge in [0.25, 0.3) is 0 Å². The Morgan fingerprint density at radius 1 is 1.25 bits per heavy atom. The van der Waals surface area contributed by atoms with Crippen LogP contribution in [0.15, 0.2) is 24.3 Å². The van der Waals surface area contributed by atoms with Gasteiger partial charge in [0, 0.05) is 17.1 Å². The first-order valence-electron chi connectivity index (χ1n) is 7.85. The first-order valence-corrected chi connectivity index (χ1v) is 8.23. The predicted octanol–water partition coefficient (Wildman–Crippen LogP) is 5.21. The van der Waals surface area contributed by atoms with Crippen molar-refractivity contribution in [3.63, 3.8) is 0 Å². The first kappa shape index (κ1) is 14.4. The van der Waals surface area contributed by atoms with Crippen LogP contribution < -0.4 is 5.32 Å². The number of rotatable bonds is 3. The van der Waals surface area contributed by atoms with E-state index in [0.29, 0.717) is 22.9 Å². The van der Waals surface area contributed by atoms with Crippen LogP contribution in [-0.2, 0) is 0 Å². The molecule has 110 valence electrons. The average molecular weight is 292 g/mol. The molecule has 1 aromatic carbocycles. The highest BCUT2D eigenvalue weighted by Crippen LogP contribution is 2.62. The van der Waals surface area contributed by atoms with Gasteiger partial charge in [-0.15, -0.1) is 0 Å². The third kappa shape index (κ3) is 2.10. The topological polar surface area (TPSA) is 12.0 Å². The molecule has 2 heteroatoms. The van der Waals surface area contributed by atoms with Crippen molar-refractivity contribution < 1.29 is 0 Å². The number of fused-ring (bicyclic) bond motifs is 2. The molecule has 2 aliphatic carbocycles. The van der Waals surface area contributed by atoms with Crippen LogP contribution in [-0.4, -0.2) is 6.04 Å². The second-order valence-corrected chi connectivity index (χ2v) is 8.17. The van der Waals surface area contributed by atoms with Gasteiger partial charge in [-0.2, -0.15) is 0 Å². The van der Waals surface area contributed by atoms with Gasteiger partial charge in [-0.3, -0.25) is 0 Å². The summed E-state index contributed by atoms with van der Waals surface area (Å²) < 4.78 is 0. The second-order valence-electron chi connectivity index (χ2n) is 7.76. The van der Waals surface area contributed by atoms with Crippen LogP contribution in [0.3, 0.4) is 0 Å². The molecule has 4 atom stereocenters. The molecule has 20 heavy (non-hydrogen) atoms. The number of nitrogens with one attached hydrogen (secondary N) is 1. The summed E-state index contributed by atoms with van der Waals surface area (Å²) in [4.78, 5) is 0. The standard InChI is InChI=1S/C18H26ClN/c1-12(14-7-5-6-8-15(14)19)20-16-17(2,3)13-9-10-18(16,4)11-13/h5-8,12-13,16,20H,9-11H2,1-4H3/t12?,13-,16?,18+/m0/s1. The summed E-state index contributed by atoms with van der Waals surface area (Å²) in [6, 6.07) is 9.10. The van der Waals surface area contributed by atoms with E-state index in [1.54, 1.807) is 0 Å². The number of halogens is 1. The maximum atomic E-state index is 6.35. The van der Waals surface area contributed by atoms with Gasteiger partial charge >= 0.3 is 0 Å². The molecule has 0 saturated heterocycles. The van der Waals surface area contributed by atoms with Crippen LogP contribution in [0.4, 0.5) is 0 Å². The predicted molar refractivity (Wildman–Crippen MR) is 86.0 cm³/mol. The lowest BCUT2D eigenvalue weighted by Gasteiger charge is -2.44. The lowest BCUT2D eigenvalue weighted by Crippen LogP contribution is -2.51. The molecular weight excluding hydrogens is 266 g/mol. The molecule has 0 amide bonds. The molecule has 0 aromatic heterocycles. The highest BCUT2D eigenvalue weighted by Gasteiger charge is 2.59. The largest absolute Gasteiger partial charge is 0.306 e. The van der Waals surface area contributed by atoms with Gasteiger partial charge in [-0.05, 0) is 54.6 Å². The molecule has 0 heterocycles. The van der Waals surface area contributed by atoms with Crippen molar-refractivity contribution in [3.8, 4) is 0 Å². The molecule has 0 radical (unpaired) electrons. The molecule has 2 saturated carbocycles. The summed E-state index contributed by atoms with van der Waals surface area (Å²) in [5, 5.41) is 4.79. The van der Waals surface area contributed by atoms with Crippen LogP contribution in [0, 0.1) is 16.7 Å². The summed E-state index contributed by atoms with van der Waals surface area (Å²) in [5.74, 6) is 0.878. The Bertz CT molecular complexity index is 505. The number of benzene rings is 1. The average Bonchev–Trinajstić information content (AvgIpc) is 2.86. The van der Waals surface area contributed by atoms with Gasteiger partial charge in [-0.25, -0.2) is 0 Å². The summed E-state index contributed by atoms with van der Waals surface area (Å²) in [7, 11) is 0. The molecule has 2 fully saturated rings. The van der Waals surface area contributed by atoms with E-state index < -0.39 is 0 Å². The van der Waals surface area contributed by atoms with E-state index >= 15 is 0 Å². The fraction of sp³-hybridized carbons (Fsp3) is 0.667. The quantitative estimate of drug-likeness (QED) is 0.806. The zero-order valence-corrected chi connectivity index (χ0v) is 13.8. The Kier molecular flexibility index (Phi) is 3.42. The Labute approximate surface area is 128 Å². The molecular formula is C18H26ClN. The van der Waals surface area contributed by atoms with Gasteiger partial charge in [0.2, 0.25) is 0 Å². The van der Waals surface area contributed by atoms with E-state index in [2.05, 4.69) is 45.1 Å². The summed E-state index contributed by atoms with van der Waals surface area (Å²) in [5.41, 5.74) is 2.07. The zero-order valence-electron chi connectivity index (χ0n) is 13.0. The van der Waals surface area contributed by atoms with Crippen molar-refractivity contribution >= 4 is 11.6 Å². The minimum atomic E-state index is 0.309. The van der Waals surface area contributed by atoms with E-state index in [9.17, 15) is 0 Å². The molecule has 0 aliphatic heterocycles. The highest BCUT2D eigenvalue weighted by atomic mass is 35.5. The Morgan fingerprint density at radius 3 is 2.55 bits per heavy atom. The lowest BCUT2D eigenvalue weighted by atomic mass is 9.68. The van der Waals surface area contributed by atoms with Crippen LogP contribution in [0.5, 0.6) is 0 Å². The minimum absolute atomic E-state index is 0.309. The van der Waals surface area contributed by atoms with Gasteiger partial charge in [-0.1, -0.05) is 50.6 Å². The van der Waals surface area contributed by atoms with Crippen molar-refractivity contribution in [1.82, 2.24) is 5.32 Å². The van der Waals surface area contributed by atoms with Crippen molar-refractivity contribution in [1.29, 1.82) is 0 Å². The van der Waals surface area contributed by atoms with Crippen LogP contribution >= 0.6 is 11.6 Å². The Balaban J connectivity index is 1.83. The summed E-state index contributed by atoms with van der Waals surface area (Å²) >= 11 is 6.35. The number of hydrogen-bond acceptors (Lipinski definition) is 1. The third-order valence-corrected chi connectivity index (χ3v) is 6.40. The molecule has 2 unspecified atom stereocenters. The van der Waals surface area contributed by atoms with E-state index in [-0.39, 0.29) is 0 Å². The molecule has 3 rings (SSSR count). The minimum Gasteiger partial charge on any atom is -0.306 e. The molecule has 1 N–H and O–H groups in total. The SMILES string of the molecule is CC(NC1C(C)(C)[C@H]2CC[C@]1(C)C2)c1ccccc1Cl. The monoisotopic (exact) mass is 291 g/mol. The van der Waals surface area contributed by atoms with Gasteiger partial charge in [0.1, 0.15) is 0 Å². The van der Waals surface area contributed by atoms with E-state index in [4.69, 9.17) is 11.6 Å². The molecule has 2 aliphatic rings. The molecule has 1 nitrogen and oxygen atoms in total. The zero-order chi connectivity index (χ0) is 14.5. The van der Waals surface area contributed by atoms with E-state index in [1.165, 1.54) is 24.8 Å². The Morgan fingerprint density at radius 2 is 1.95 bits per heavy atom. The van der Waals surface area contributed by atoms with Gasteiger partial charge in [0.15, 0.2) is 0 Å². The van der Waals surface area contributed by atoms with E-state index in [1.807, 2.05) is 12.1 Å². The molecule has 0 spiro atoms. The van der Waals surface area contributed by atoms with Crippen molar-refractivity contribution in [3.05, 3.63) is 34.9 Å². The van der Waals surface area contributed by atoms with Gasteiger partial charge < -0.3 is 5.32 Å². The van der Waals surface area contributed by atoms with E-state index in [0.717, 1.165) is 10.9 Å². The van der Waals surface area contributed by atoms with Crippen LogP contribution in [0.1, 0.15) is 58.6 Å². The lowest BCUT2D eigenvalue weighted by molar-refractivity contribution is 0.100. The van der Waals surface area contributed by atoms with Crippen LogP contribution in [0.25, 0.3) is 0 Å². The molecule has 1 aromatic rings. The normalized spacial score (nSPS) is 36.2. The van der Waals surface area contributed by atoms with Crippen LogP contribution in [0.2, 0.25) is 5.02 Å². The smallest absolute Gasteiger partial charge is 0.0453 e. The van der Waals surface area contributed by atoms with Crippen molar-refractivity contribution in [2.45, 2.75) is 59.0 Å². The number of hydrogen-bond donors (Lipinski definition) is 1.